The van der Waals surface area contributed by atoms with Crippen LogP contribution in [0.2, 0.25) is 0 Å². The molecule has 23 heavy (non-hydrogen) atoms. The van der Waals surface area contributed by atoms with Gasteiger partial charge in [0.05, 0.1) is 5.57 Å². The van der Waals surface area contributed by atoms with Crippen LogP contribution < -0.4 is 5.32 Å². The number of benzene rings is 1. The molecule has 2 rings (SSSR count). The molecule has 1 aromatic rings. The van der Waals surface area contributed by atoms with Crippen LogP contribution in [0.25, 0.3) is 0 Å². The number of hydrogen-bond donors (Lipinski definition) is 1. The standard InChI is InChI=1S/C20H26NO2/c1-13(2)10-16(21-15-8-6-14(3)7-9-15)19-17(22)11-20(4,5)12-18(19)23/h6-9,13,21H,3,10-12H2,1-2,4-5H3. The topological polar surface area (TPSA) is 46.2 Å². The van der Waals surface area contributed by atoms with Gasteiger partial charge in [-0.3, -0.25) is 9.59 Å². The van der Waals surface area contributed by atoms with Crippen LogP contribution >= 0.6 is 0 Å². The summed E-state index contributed by atoms with van der Waals surface area (Å²) in [4.78, 5) is 25.1. The predicted octanol–water partition coefficient (Wildman–Crippen LogP) is 4.54. The molecule has 1 radical (unpaired) electrons. The fourth-order valence-corrected chi connectivity index (χ4v) is 2.99. The second kappa shape index (κ2) is 6.69. The number of anilines is 1. The fourth-order valence-electron chi connectivity index (χ4n) is 2.99. The molecule has 1 fully saturated rings. The van der Waals surface area contributed by atoms with Crippen LogP contribution in [0.4, 0.5) is 5.69 Å². The van der Waals surface area contributed by atoms with E-state index in [2.05, 4.69) is 26.1 Å². The van der Waals surface area contributed by atoms with Gasteiger partial charge >= 0.3 is 0 Å². The van der Waals surface area contributed by atoms with Gasteiger partial charge in [0.15, 0.2) is 11.6 Å². The molecule has 1 aromatic carbocycles. The van der Waals surface area contributed by atoms with Crippen LogP contribution in [0.3, 0.4) is 0 Å². The normalized spacial score (nSPS) is 17.6. The third kappa shape index (κ3) is 4.54. The summed E-state index contributed by atoms with van der Waals surface area (Å²) >= 11 is 0. The lowest BCUT2D eigenvalue weighted by atomic mass is 9.73. The van der Waals surface area contributed by atoms with Crippen LogP contribution in [0, 0.1) is 18.3 Å². The van der Waals surface area contributed by atoms with Gasteiger partial charge in [-0.1, -0.05) is 39.8 Å². The van der Waals surface area contributed by atoms with Gasteiger partial charge in [0.2, 0.25) is 0 Å². The number of hydrogen-bond acceptors (Lipinski definition) is 3. The van der Waals surface area contributed by atoms with Crippen LogP contribution in [0.1, 0.15) is 52.5 Å². The second-order valence-corrected chi connectivity index (χ2v) is 7.64. The number of Topliss-reactive ketones (excluding diaryl/α,β-unsaturated/α-hetero) is 2. The molecule has 1 aliphatic carbocycles. The maximum absolute atomic E-state index is 12.6. The summed E-state index contributed by atoms with van der Waals surface area (Å²) in [6.07, 6.45) is 1.53. The highest BCUT2D eigenvalue weighted by Gasteiger charge is 2.37. The number of ketones is 2. The van der Waals surface area contributed by atoms with E-state index in [0.29, 0.717) is 30.8 Å². The molecule has 0 aromatic heterocycles. The summed E-state index contributed by atoms with van der Waals surface area (Å²) < 4.78 is 0. The fraction of sp³-hybridized carbons (Fsp3) is 0.450. The Labute approximate surface area is 139 Å². The van der Waals surface area contributed by atoms with Crippen molar-refractivity contribution in [2.45, 2.75) is 47.0 Å². The average Bonchev–Trinajstić information content (AvgIpc) is 2.38. The number of carbonyl (C=O) groups is 2. The number of rotatable bonds is 4. The van der Waals surface area contributed by atoms with Gasteiger partial charge in [-0.25, -0.2) is 0 Å². The Morgan fingerprint density at radius 2 is 1.65 bits per heavy atom. The van der Waals surface area contributed by atoms with Crippen molar-refractivity contribution in [1.29, 1.82) is 0 Å². The van der Waals surface area contributed by atoms with Crippen LogP contribution in [-0.2, 0) is 9.59 Å². The van der Waals surface area contributed by atoms with Gasteiger partial charge in [-0.05, 0) is 42.4 Å². The van der Waals surface area contributed by atoms with Crippen molar-refractivity contribution in [2.24, 2.45) is 11.3 Å². The van der Waals surface area contributed by atoms with E-state index >= 15 is 0 Å². The molecule has 3 heteroatoms. The van der Waals surface area contributed by atoms with Gasteiger partial charge in [0.25, 0.3) is 0 Å². The summed E-state index contributed by atoms with van der Waals surface area (Å²) in [7, 11) is 0. The Hall–Kier alpha value is -1.90. The first-order chi connectivity index (χ1) is 10.7. The molecule has 123 valence electrons. The SMILES string of the molecule is [CH2]c1ccc(NC(CC(C)C)=C2C(=O)CC(C)(C)CC2=O)cc1. The highest BCUT2D eigenvalue weighted by atomic mass is 16.2. The highest BCUT2D eigenvalue weighted by molar-refractivity contribution is 6.23. The van der Waals surface area contributed by atoms with Crippen LogP contribution in [-0.4, -0.2) is 11.6 Å². The molecule has 1 N–H and O–H groups in total. The van der Waals surface area contributed by atoms with Crippen molar-refractivity contribution in [3.63, 3.8) is 0 Å². The molecule has 0 saturated heterocycles. The lowest BCUT2D eigenvalue weighted by molar-refractivity contribution is -0.127. The monoisotopic (exact) mass is 312 g/mol. The maximum Gasteiger partial charge on any atom is 0.168 e. The lowest BCUT2D eigenvalue weighted by Gasteiger charge is -2.30. The van der Waals surface area contributed by atoms with Gasteiger partial charge in [0.1, 0.15) is 0 Å². The van der Waals surface area contributed by atoms with E-state index in [1.54, 1.807) is 0 Å². The molecule has 0 unspecified atom stereocenters. The Bertz CT molecular complexity index is 614. The Balaban J connectivity index is 2.38. The summed E-state index contributed by atoms with van der Waals surface area (Å²) in [5.74, 6) is 0.277. The van der Waals surface area contributed by atoms with Gasteiger partial charge in [0, 0.05) is 24.2 Å². The van der Waals surface area contributed by atoms with Crippen molar-refractivity contribution in [1.82, 2.24) is 0 Å². The third-order valence-corrected chi connectivity index (χ3v) is 4.00. The van der Waals surface area contributed by atoms with Crippen LogP contribution in [0.5, 0.6) is 0 Å². The molecular weight excluding hydrogens is 286 g/mol. The van der Waals surface area contributed by atoms with Crippen molar-refractivity contribution in [3.8, 4) is 0 Å². The number of allylic oxidation sites excluding steroid dienone is 2. The van der Waals surface area contributed by atoms with E-state index in [1.165, 1.54) is 0 Å². The first-order valence-electron chi connectivity index (χ1n) is 8.16. The smallest absolute Gasteiger partial charge is 0.168 e. The van der Waals surface area contributed by atoms with E-state index < -0.39 is 0 Å². The molecule has 0 amide bonds. The van der Waals surface area contributed by atoms with Crippen molar-refractivity contribution < 1.29 is 9.59 Å². The molecule has 0 heterocycles. The molecular formula is C20H26NO2. The molecule has 0 bridgehead atoms. The molecule has 1 saturated carbocycles. The summed E-state index contributed by atoms with van der Waals surface area (Å²) in [5.41, 5.74) is 2.70. The number of nitrogens with one attached hydrogen (secondary N) is 1. The van der Waals surface area contributed by atoms with E-state index in [1.807, 2.05) is 38.1 Å². The predicted molar refractivity (Wildman–Crippen MR) is 94.0 cm³/mol. The Morgan fingerprint density at radius 1 is 1.13 bits per heavy atom. The zero-order chi connectivity index (χ0) is 17.2. The summed E-state index contributed by atoms with van der Waals surface area (Å²) in [6, 6.07) is 7.66. The molecule has 0 aliphatic heterocycles. The van der Waals surface area contributed by atoms with Crippen molar-refractivity contribution in [3.05, 3.63) is 48.0 Å². The van der Waals surface area contributed by atoms with E-state index in [-0.39, 0.29) is 17.0 Å². The Kier molecular flexibility index (Phi) is 5.08. The van der Waals surface area contributed by atoms with Gasteiger partial charge in [-0.15, -0.1) is 0 Å². The zero-order valence-electron chi connectivity index (χ0n) is 14.5. The third-order valence-electron chi connectivity index (χ3n) is 4.00. The quantitative estimate of drug-likeness (QED) is 0.656. The van der Waals surface area contributed by atoms with E-state index in [9.17, 15) is 9.59 Å². The maximum atomic E-state index is 12.6. The summed E-state index contributed by atoms with van der Waals surface area (Å²) in [5, 5.41) is 3.31. The lowest BCUT2D eigenvalue weighted by Crippen LogP contribution is -2.33. The molecule has 1 aliphatic rings. The van der Waals surface area contributed by atoms with Gasteiger partial charge in [-0.2, -0.15) is 0 Å². The largest absolute Gasteiger partial charge is 0.358 e. The minimum atomic E-state index is -0.240. The average molecular weight is 312 g/mol. The summed E-state index contributed by atoms with van der Waals surface area (Å²) in [6.45, 7) is 12.0. The zero-order valence-corrected chi connectivity index (χ0v) is 14.5. The minimum Gasteiger partial charge on any atom is -0.358 e. The van der Waals surface area contributed by atoms with Gasteiger partial charge < -0.3 is 5.32 Å². The van der Waals surface area contributed by atoms with E-state index in [0.717, 1.165) is 16.9 Å². The second-order valence-electron chi connectivity index (χ2n) is 7.64. The molecule has 3 nitrogen and oxygen atoms in total. The molecule has 0 atom stereocenters. The Morgan fingerprint density at radius 3 is 2.13 bits per heavy atom. The minimum absolute atomic E-state index is 0.0387. The van der Waals surface area contributed by atoms with E-state index in [4.69, 9.17) is 0 Å². The number of carbonyl (C=O) groups excluding carboxylic acids is 2. The van der Waals surface area contributed by atoms with Crippen molar-refractivity contribution in [2.75, 3.05) is 5.32 Å². The van der Waals surface area contributed by atoms with Crippen LogP contribution in [0.15, 0.2) is 35.5 Å². The first kappa shape index (κ1) is 17.5. The van der Waals surface area contributed by atoms with Crippen molar-refractivity contribution >= 4 is 17.3 Å². The first-order valence-corrected chi connectivity index (χ1v) is 8.16. The molecule has 0 spiro atoms. The highest BCUT2D eigenvalue weighted by Crippen LogP contribution is 2.35.